The maximum Gasteiger partial charge on any atom is 0.231 e. The maximum atomic E-state index is 5.73. The summed E-state index contributed by atoms with van der Waals surface area (Å²) in [7, 11) is 0. The van der Waals surface area contributed by atoms with Crippen molar-refractivity contribution < 1.29 is 4.52 Å². The lowest BCUT2D eigenvalue weighted by molar-refractivity contribution is 0.347. The van der Waals surface area contributed by atoms with Crippen LogP contribution in [0.4, 0.5) is 0 Å². The molecule has 0 aliphatic carbocycles. The van der Waals surface area contributed by atoms with Crippen LogP contribution in [0.1, 0.15) is 31.6 Å². The van der Waals surface area contributed by atoms with E-state index in [1.165, 1.54) is 0 Å². The van der Waals surface area contributed by atoms with Gasteiger partial charge in [0.05, 0.1) is 5.92 Å². The van der Waals surface area contributed by atoms with Gasteiger partial charge in [0.2, 0.25) is 11.7 Å². The summed E-state index contributed by atoms with van der Waals surface area (Å²) in [5, 5.41) is 3.98. The molecule has 5 nitrogen and oxygen atoms in total. The van der Waals surface area contributed by atoms with Crippen molar-refractivity contribution in [3.63, 3.8) is 0 Å². The summed E-state index contributed by atoms with van der Waals surface area (Å²) >= 11 is 6.79. The summed E-state index contributed by atoms with van der Waals surface area (Å²) < 4.78 is 7.00. The first-order valence-electron chi connectivity index (χ1n) is 6.00. The Morgan fingerprint density at radius 3 is 2.84 bits per heavy atom. The first-order valence-corrected chi connectivity index (χ1v) is 7.59. The minimum atomic E-state index is 0.112. The molecule has 0 amide bonds. The van der Waals surface area contributed by atoms with Gasteiger partial charge in [-0.15, -0.1) is 0 Å². The smallest absolute Gasteiger partial charge is 0.231 e. The molecule has 2 N–H and O–H groups in total. The van der Waals surface area contributed by atoms with Gasteiger partial charge in [-0.2, -0.15) is 4.98 Å². The Labute approximate surface area is 128 Å². The zero-order valence-electron chi connectivity index (χ0n) is 10.4. The highest BCUT2D eigenvalue weighted by atomic mass is 79.9. The minimum Gasteiger partial charge on any atom is -0.339 e. The maximum absolute atomic E-state index is 5.73. The topological polar surface area (TPSA) is 77.8 Å². The molecule has 0 aliphatic rings. The molecule has 2 heterocycles. The van der Waals surface area contributed by atoms with E-state index in [1.54, 1.807) is 6.20 Å². The summed E-state index contributed by atoms with van der Waals surface area (Å²) in [4.78, 5) is 8.68. The van der Waals surface area contributed by atoms with Crippen LogP contribution in [0, 0.1) is 0 Å². The van der Waals surface area contributed by atoms with E-state index in [-0.39, 0.29) is 5.92 Å². The van der Waals surface area contributed by atoms with Crippen molar-refractivity contribution in [1.29, 1.82) is 0 Å². The molecule has 2 aromatic heterocycles. The number of nitrogens with zero attached hydrogens (tertiary/aromatic N) is 3. The van der Waals surface area contributed by atoms with Gasteiger partial charge >= 0.3 is 0 Å². The molecule has 1 unspecified atom stereocenters. The molecule has 2 rings (SSSR count). The Bertz CT molecular complexity index is 558. The number of halogens is 2. The third kappa shape index (κ3) is 3.40. The predicted molar refractivity (Wildman–Crippen MR) is 79.6 cm³/mol. The van der Waals surface area contributed by atoms with E-state index in [4.69, 9.17) is 10.3 Å². The van der Waals surface area contributed by atoms with Crippen LogP contribution in [0.5, 0.6) is 0 Å². The quantitative estimate of drug-likeness (QED) is 0.846. The molecule has 0 spiro atoms. The van der Waals surface area contributed by atoms with E-state index in [9.17, 15) is 0 Å². The van der Waals surface area contributed by atoms with E-state index in [2.05, 4.69) is 53.9 Å². The van der Waals surface area contributed by atoms with E-state index in [0.29, 0.717) is 24.0 Å². The molecule has 7 heteroatoms. The van der Waals surface area contributed by atoms with Crippen LogP contribution in [0.3, 0.4) is 0 Å². The van der Waals surface area contributed by atoms with E-state index in [0.717, 1.165) is 21.8 Å². The third-order valence-corrected chi connectivity index (χ3v) is 3.77. The lowest BCUT2D eigenvalue weighted by Crippen LogP contribution is -2.12. The van der Waals surface area contributed by atoms with E-state index >= 15 is 0 Å². The first kappa shape index (κ1) is 14.6. The van der Waals surface area contributed by atoms with E-state index in [1.807, 2.05) is 6.07 Å². The second-order valence-electron chi connectivity index (χ2n) is 4.16. The fraction of sp³-hybridized carbons (Fsp3) is 0.417. The number of nitrogens with two attached hydrogens (primary N) is 1. The van der Waals surface area contributed by atoms with Crippen molar-refractivity contribution >= 4 is 31.9 Å². The SMILES string of the molecule is CCCC(CN)c1nc(-c2ncc(Br)cc2Br)no1. The molecule has 2 aromatic rings. The van der Waals surface area contributed by atoms with Crippen LogP contribution in [0.2, 0.25) is 0 Å². The Balaban J connectivity index is 2.29. The van der Waals surface area contributed by atoms with Gasteiger partial charge in [0.25, 0.3) is 0 Å². The molecule has 1 atom stereocenters. The molecule has 0 aliphatic heterocycles. The van der Waals surface area contributed by atoms with Gasteiger partial charge in [-0.3, -0.25) is 4.98 Å². The number of pyridine rings is 1. The van der Waals surface area contributed by atoms with Crippen molar-refractivity contribution in [2.75, 3.05) is 6.54 Å². The second-order valence-corrected chi connectivity index (χ2v) is 5.93. The van der Waals surface area contributed by atoms with Crippen LogP contribution in [-0.4, -0.2) is 21.7 Å². The number of hydrogen-bond acceptors (Lipinski definition) is 5. The fourth-order valence-electron chi connectivity index (χ4n) is 1.77. The van der Waals surface area contributed by atoms with E-state index < -0.39 is 0 Å². The van der Waals surface area contributed by atoms with Gasteiger partial charge in [0.15, 0.2) is 0 Å². The van der Waals surface area contributed by atoms with Gasteiger partial charge in [-0.1, -0.05) is 18.5 Å². The minimum absolute atomic E-state index is 0.112. The van der Waals surface area contributed by atoms with Crippen LogP contribution >= 0.6 is 31.9 Å². The molecule has 0 radical (unpaired) electrons. The average Bonchev–Trinajstić information content (AvgIpc) is 2.85. The Hall–Kier alpha value is -0.790. The normalized spacial score (nSPS) is 12.6. The lowest BCUT2D eigenvalue weighted by Gasteiger charge is -2.06. The Morgan fingerprint density at radius 1 is 1.42 bits per heavy atom. The molecular weight excluding hydrogens is 376 g/mol. The Kier molecular flexibility index (Phi) is 5.06. The number of aromatic nitrogens is 3. The van der Waals surface area contributed by atoms with Crippen LogP contribution in [-0.2, 0) is 0 Å². The fourth-order valence-corrected chi connectivity index (χ4v) is 2.93. The zero-order chi connectivity index (χ0) is 13.8. The highest BCUT2D eigenvalue weighted by Gasteiger charge is 2.19. The first-order chi connectivity index (χ1) is 9.15. The number of hydrogen-bond donors (Lipinski definition) is 1. The molecule has 102 valence electrons. The van der Waals surface area contributed by atoms with Crippen molar-refractivity contribution in [1.82, 2.24) is 15.1 Å². The standard InChI is InChI=1S/C12H14Br2N4O/c1-2-3-7(5-15)12-17-11(18-19-12)10-9(14)4-8(13)6-16-10/h4,6-7H,2-3,5,15H2,1H3. The second kappa shape index (κ2) is 6.58. The van der Waals surface area contributed by atoms with Gasteiger partial charge in [-0.05, 0) is 44.3 Å². The predicted octanol–water partition coefficient (Wildman–Crippen LogP) is 3.50. The summed E-state index contributed by atoms with van der Waals surface area (Å²) in [5.41, 5.74) is 6.39. The molecular formula is C12H14Br2N4O. The molecule has 19 heavy (non-hydrogen) atoms. The largest absolute Gasteiger partial charge is 0.339 e. The molecule has 0 bridgehead atoms. The van der Waals surface area contributed by atoms with Gasteiger partial charge < -0.3 is 10.3 Å². The van der Waals surface area contributed by atoms with Crippen molar-refractivity contribution in [2.45, 2.75) is 25.7 Å². The van der Waals surface area contributed by atoms with Crippen LogP contribution in [0.25, 0.3) is 11.5 Å². The highest BCUT2D eigenvalue weighted by Crippen LogP contribution is 2.28. The summed E-state index contributed by atoms with van der Waals surface area (Å²) in [5.74, 6) is 1.17. The molecule has 0 aromatic carbocycles. The van der Waals surface area contributed by atoms with Crippen LogP contribution in [0.15, 0.2) is 25.7 Å². The van der Waals surface area contributed by atoms with Gasteiger partial charge in [0, 0.05) is 21.7 Å². The van der Waals surface area contributed by atoms with Crippen molar-refractivity contribution in [2.24, 2.45) is 5.73 Å². The number of rotatable bonds is 5. The molecule has 0 saturated carbocycles. The zero-order valence-corrected chi connectivity index (χ0v) is 13.6. The highest BCUT2D eigenvalue weighted by molar-refractivity contribution is 9.11. The van der Waals surface area contributed by atoms with Gasteiger partial charge in [0.1, 0.15) is 5.69 Å². The average molecular weight is 390 g/mol. The van der Waals surface area contributed by atoms with Crippen LogP contribution < -0.4 is 5.73 Å². The molecule has 0 fully saturated rings. The summed E-state index contributed by atoms with van der Waals surface area (Å²) in [6.07, 6.45) is 3.66. The van der Waals surface area contributed by atoms with Crippen molar-refractivity contribution in [3.05, 3.63) is 27.1 Å². The van der Waals surface area contributed by atoms with Gasteiger partial charge in [-0.25, -0.2) is 0 Å². The summed E-state index contributed by atoms with van der Waals surface area (Å²) in [6.45, 7) is 2.61. The third-order valence-electron chi connectivity index (χ3n) is 2.73. The molecule has 0 saturated heterocycles. The lowest BCUT2D eigenvalue weighted by atomic mass is 10.0. The monoisotopic (exact) mass is 388 g/mol. The Morgan fingerprint density at radius 2 is 2.21 bits per heavy atom. The van der Waals surface area contributed by atoms with Crippen molar-refractivity contribution in [3.8, 4) is 11.5 Å². The summed E-state index contributed by atoms with van der Waals surface area (Å²) in [6, 6.07) is 1.89.